The summed E-state index contributed by atoms with van der Waals surface area (Å²) in [6.45, 7) is 3.63. The monoisotopic (exact) mass is 199 g/mol. The van der Waals surface area contributed by atoms with Crippen LogP contribution in [-0.2, 0) is 4.79 Å². The quantitative estimate of drug-likeness (QED) is 0.726. The van der Waals surface area contributed by atoms with Crippen molar-refractivity contribution in [3.05, 3.63) is 0 Å². The molecular weight excluding hydrogens is 178 g/mol. The molecule has 3 nitrogen and oxygen atoms in total. The van der Waals surface area contributed by atoms with Gasteiger partial charge >= 0.3 is 5.97 Å². The maximum atomic E-state index is 11.1. The van der Waals surface area contributed by atoms with Crippen LogP contribution in [0.2, 0.25) is 0 Å². The van der Waals surface area contributed by atoms with Gasteiger partial charge in [-0.3, -0.25) is 4.79 Å². The summed E-state index contributed by atoms with van der Waals surface area (Å²) in [6, 6.07) is 0.0995. The van der Waals surface area contributed by atoms with Crippen molar-refractivity contribution in [1.29, 1.82) is 0 Å². The highest BCUT2D eigenvalue weighted by atomic mass is 16.4. The lowest BCUT2D eigenvalue weighted by molar-refractivity contribution is -0.149. The first-order valence-corrected chi connectivity index (χ1v) is 5.40. The van der Waals surface area contributed by atoms with Crippen LogP contribution in [0, 0.1) is 11.3 Å². The van der Waals surface area contributed by atoms with E-state index in [0.29, 0.717) is 5.92 Å². The lowest BCUT2D eigenvalue weighted by Crippen LogP contribution is -2.49. The Balaban J connectivity index is 2.73. The van der Waals surface area contributed by atoms with Crippen LogP contribution < -0.4 is 5.32 Å². The molecule has 0 saturated heterocycles. The molecule has 1 aliphatic rings. The third-order valence-electron chi connectivity index (χ3n) is 3.51. The normalized spacial score (nSPS) is 21.1. The van der Waals surface area contributed by atoms with Gasteiger partial charge in [-0.2, -0.15) is 0 Å². The van der Waals surface area contributed by atoms with Gasteiger partial charge in [0, 0.05) is 6.04 Å². The summed E-state index contributed by atoms with van der Waals surface area (Å²) in [6.07, 6.45) is 4.83. The second-order valence-electron chi connectivity index (χ2n) is 4.84. The number of aliphatic carboxylic acids is 1. The van der Waals surface area contributed by atoms with E-state index in [9.17, 15) is 4.79 Å². The summed E-state index contributed by atoms with van der Waals surface area (Å²) in [4.78, 5) is 11.1. The van der Waals surface area contributed by atoms with Crippen LogP contribution in [-0.4, -0.2) is 24.2 Å². The molecule has 0 radical (unpaired) electrons. The van der Waals surface area contributed by atoms with E-state index in [1.54, 1.807) is 0 Å². The number of nitrogens with one attached hydrogen (secondary N) is 1. The van der Waals surface area contributed by atoms with Gasteiger partial charge in [-0.25, -0.2) is 0 Å². The summed E-state index contributed by atoms with van der Waals surface area (Å²) >= 11 is 0. The van der Waals surface area contributed by atoms with Crippen LogP contribution in [0.15, 0.2) is 0 Å². The maximum Gasteiger partial charge on any atom is 0.310 e. The molecule has 0 aliphatic heterocycles. The molecule has 1 rings (SSSR count). The van der Waals surface area contributed by atoms with Gasteiger partial charge in [0.2, 0.25) is 0 Å². The van der Waals surface area contributed by atoms with Crippen LogP contribution in [0.1, 0.15) is 39.5 Å². The van der Waals surface area contributed by atoms with E-state index in [4.69, 9.17) is 5.11 Å². The van der Waals surface area contributed by atoms with Crippen molar-refractivity contribution >= 4 is 5.97 Å². The third kappa shape index (κ3) is 2.08. The zero-order valence-electron chi connectivity index (χ0n) is 9.34. The fourth-order valence-electron chi connectivity index (χ4n) is 2.61. The molecule has 0 amide bonds. The molecule has 0 aromatic rings. The van der Waals surface area contributed by atoms with Gasteiger partial charge in [0.1, 0.15) is 0 Å². The molecule has 1 unspecified atom stereocenters. The summed E-state index contributed by atoms with van der Waals surface area (Å²) < 4.78 is 0. The van der Waals surface area contributed by atoms with Crippen molar-refractivity contribution in [3.63, 3.8) is 0 Å². The maximum absolute atomic E-state index is 11.1. The SMILES string of the molecule is CNC(C1CCCC1)C(C)(C)C(=O)O. The van der Waals surface area contributed by atoms with Gasteiger partial charge in [-0.15, -0.1) is 0 Å². The Hall–Kier alpha value is -0.570. The highest BCUT2D eigenvalue weighted by Crippen LogP contribution is 2.35. The molecule has 0 spiro atoms. The van der Waals surface area contributed by atoms with Crippen LogP contribution in [0.25, 0.3) is 0 Å². The van der Waals surface area contributed by atoms with Gasteiger partial charge in [-0.1, -0.05) is 12.8 Å². The number of hydrogen-bond donors (Lipinski definition) is 2. The Morgan fingerprint density at radius 2 is 1.93 bits per heavy atom. The van der Waals surface area contributed by atoms with Crippen molar-refractivity contribution in [1.82, 2.24) is 5.32 Å². The standard InChI is InChI=1S/C11H21NO2/c1-11(2,10(13)14)9(12-3)8-6-4-5-7-8/h8-9,12H,4-7H2,1-3H3,(H,13,14). The van der Waals surface area contributed by atoms with E-state index in [1.165, 1.54) is 25.7 Å². The lowest BCUT2D eigenvalue weighted by Gasteiger charge is -2.34. The number of carboxylic acid groups (broad SMARTS) is 1. The molecule has 1 saturated carbocycles. The average Bonchev–Trinajstić information content (AvgIpc) is 2.57. The van der Waals surface area contributed by atoms with E-state index in [1.807, 2.05) is 20.9 Å². The van der Waals surface area contributed by atoms with Gasteiger partial charge in [-0.05, 0) is 39.7 Å². The molecule has 2 N–H and O–H groups in total. The van der Waals surface area contributed by atoms with Crippen molar-refractivity contribution < 1.29 is 9.90 Å². The number of carbonyl (C=O) groups is 1. The van der Waals surface area contributed by atoms with Crippen molar-refractivity contribution in [3.8, 4) is 0 Å². The predicted molar refractivity (Wildman–Crippen MR) is 56.2 cm³/mol. The molecular formula is C11H21NO2. The molecule has 0 aromatic carbocycles. The summed E-state index contributed by atoms with van der Waals surface area (Å²) in [5.74, 6) is -0.171. The van der Waals surface area contributed by atoms with Crippen molar-refractivity contribution in [2.75, 3.05) is 7.05 Å². The number of carboxylic acids is 1. The topological polar surface area (TPSA) is 49.3 Å². The highest BCUT2D eigenvalue weighted by Gasteiger charge is 2.41. The Bertz CT molecular complexity index is 207. The average molecular weight is 199 g/mol. The summed E-state index contributed by atoms with van der Waals surface area (Å²) in [5.41, 5.74) is -0.663. The van der Waals surface area contributed by atoms with Crippen molar-refractivity contribution in [2.24, 2.45) is 11.3 Å². The number of hydrogen-bond acceptors (Lipinski definition) is 2. The van der Waals surface area contributed by atoms with Crippen LogP contribution in [0.4, 0.5) is 0 Å². The largest absolute Gasteiger partial charge is 0.481 e. The highest BCUT2D eigenvalue weighted by molar-refractivity contribution is 5.74. The first kappa shape index (κ1) is 11.5. The van der Waals surface area contributed by atoms with Gasteiger partial charge < -0.3 is 10.4 Å². The van der Waals surface area contributed by atoms with E-state index in [0.717, 1.165) is 0 Å². The lowest BCUT2D eigenvalue weighted by atomic mass is 9.76. The first-order valence-electron chi connectivity index (χ1n) is 5.40. The molecule has 1 fully saturated rings. The third-order valence-corrected chi connectivity index (χ3v) is 3.51. The van der Waals surface area contributed by atoms with E-state index >= 15 is 0 Å². The van der Waals surface area contributed by atoms with E-state index < -0.39 is 11.4 Å². The van der Waals surface area contributed by atoms with E-state index in [2.05, 4.69) is 5.32 Å². The molecule has 1 atom stereocenters. The fraction of sp³-hybridized carbons (Fsp3) is 0.909. The molecule has 14 heavy (non-hydrogen) atoms. The Labute approximate surface area is 85.9 Å². The smallest absolute Gasteiger partial charge is 0.310 e. The minimum atomic E-state index is -0.705. The zero-order valence-corrected chi connectivity index (χ0v) is 9.34. The molecule has 0 aromatic heterocycles. The Kier molecular flexibility index (Phi) is 3.53. The molecule has 82 valence electrons. The van der Waals surface area contributed by atoms with Gasteiger partial charge in [0.05, 0.1) is 5.41 Å². The molecule has 0 bridgehead atoms. The molecule has 0 heterocycles. The van der Waals surface area contributed by atoms with Gasteiger partial charge in [0.25, 0.3) is 0 Å². The van der Waals surface area contributed by atoms with Crippen LogP contribution in [0.3, 0.4) is 0 Å². The van der Waals surface area contributed by atoms with E-state index in [-0.39, 0.29) is 6.04 Å². The Morgan fingerprint density at radius 1 is 1.43 bits per heavy atom. The Morgan fingerprint density at radius 3 is 2.29 bits per heavy atom. The second kappa shape index (κ2) is 4.30. The first-order chi connectivity index (χ1) is 6.50. The zero-order chi connectivity index (χ0) is 10.8. The molecule has 3 heteroatoms. The minimum Gasteiger partial charge on any atom is -0.481 e. The minimum absolute atomic E-state index is 0.0995. The van der Waals surface area contributed by atoms with Crippen LogP contribution >= 0.6 is 0 Å². The van der Waals surface area contributed by atoms with Gasteiger partial charge in [0.15, 0.2) is 0 Å². The van der Waals surface area contributed by atoms with Crippen LogP contribution in [0.5, 0.6) is 0 Å². The molecule has 1 aliphatic carbocycles. The predicted octanol–water partition coefficient (Wildman–Crippen LogP) is 1.88. The van der Waals surface area contributed by atoms with Crippen molar-refractivity contribution in [2.45, 2.75) is 45.6 Å². The fourth-order valence-corrected chi connectivity index (χ4v) is 2.61. The summed E-state index contributed by atoms with van der Waals surface area (Å²) in [5, 5.41) is 12.3. The second-order valence-corrected chi connectivity index (χ2v) is 4.84. The summed E-state index contributed by atoms with van der Waals surface area (Å²) in [7, 11) is 1.87. The number of rotatable bonds is 4.